The quantitative estimate of drug-likeness (QED) is 0.581. The van der Waals surface area contributed by atoms with E-state index in [1.807, 2.05) is 30.3 Å². The Labute approximate surface area is 113 Å². The molecule has 6 nitrogen and oxygen atoms in total. The zero-order chi connectivity index (χ0) is 13.4. The summed E-state index contributed by atoms with van der Waals surface area (Å²) in [6.07, 6.45) is 5.24. The number of H-pyrrole nitrogens is 2. The molecule has 0 unspecified atom stereocenters. The third kappa shape index (κ3) is 1.74. The second-order valence-electron chi connectivity index (χ2n) is 4.37. The molecule has 0 atom stereocenters. The first-order valence-corrected chi connectivity index (χ1v) is 6.17. The largest absolute Gasteiger partial charge is 0.335 e. The highest BCUT2D eigenvalue weighted by Crippen LogP contribution is 2.22. The minimum Gasteiger partial charge on any atom is -0.335 e. The standard InChI is InChI=1S/C14H10N6/c1-3-9(8-15-5-1)11-7-12(20-19-11)14-17-10-4-2-6-16-13(10)18-14/h1-8H,(H,19,20)(H,16,17,18). The van der Waals surface area contributed by atoms with Crippen LogP contribution in [0, 0.1) is 0 Å². The summed E-state index contributed by atoms with van der Waals surface area (Å²) in [6.45, 7) is 0. The number of hydrogen-bond acceptors (Lipinski definition) is 4. The molecule has 2 N–H and O–H groups in total. The molecule has 4 aromatic heterocycles. The lowest BCUT2D eigenvalue weighted by atomic mass is 10.2. The minimum absolute atomic E-state index is 0.694. The van der Waals surface area contributed by atoms with Gasteiger partial charge in [0.25, 0.3) is 0 Å². The Balaban J connectivity index is 1.78. The molecule has 0 spiro atoms. The highest BCUT2D eigenvalue weighted by Gasteiger charge is 2.10. The molecule has 0 aliphatic rings. The molecule has 20 heavy (non-hydrogen) atoms. The number of imidazole rings is 1. The van der Waals surface area contributed by atoms with Crippen molar-refractivity contribution in [3.05, 3.63) is 48.9 Å². The molecule has 0 saturated carbocycles. The topological polar surface area (TPSA) is 83.1 Å². The number of hydrogen-bond donors (Lipinski definition) is 2. The predicted molar refractivity (Wildman–Crippen MR) is 74.7 cm³/mol. The van der Waals surface area contributed by atoms with E-state index in [4.69, 9.17) is 0 Å². The first-order chi connectivity index (χ1) is 9.90. The van der Waals surface area contributed by atoms with Gasteiger partial charge in [-0.2, -0.15) is 5.10 Å². The Morgan fingerprint density at radius 1 is 1.05 bits per heavy atom. The third-order valence-corrected chi connectivity index (χ3v) is 3.05. The summed E-state index contributed by atoms with van der Waals surface area (Å²) >= 11 is 0. The Morgan fingerprint density at radius 3 is 2.85 bits per heavy atom. The molecular formula is C14H10N6. The molecule has 0 bridgehead atoms. The summed E-state index contributed by atoms with van der Waals surface area (Å²) in [5.74, 6) is 0.723. The summed E-state index contributed by atoms with van der Waals surface area (Å²) in [5.41, 5.74) is 4.22. The fourth-order valence-electron chi connectivity index (χ4n) is 2.08. The number of aromatic amines is 2. The lowest BCUT2D eigenvalue weighted by molar-refractivity contribution is 1.08. The van der Waals surface area contributed by atoms with Crippen LogP contribution in [-0.4, -0.2) is 30.1 Å². The number of nitrogens with zero attached hydrogens (tertiary/aromatic N) is 4. The second kappa shape index (κ2) is 4.27. The first kappa shape index (κ1) is 10.9. The lowest BCUT2D eigenvalue weighted by Crippen LogP contribution is -1.79. The van der Waals surface area contributed by atoms with E-state index in [-0.39, 0.29) is 0 Å². The van der Waals surface area contributed by atoms with Gasteiger partial charge in [0.05, 0.1) is 11.2 Å². The van der Waals surface area contributed by atoms with Gasteiger partial charge >= 0.3 is 0 Å². The van der Waals surface area contributed by atoms with Crippen LogP contribution in [0.3, 0.4) is 0 Å². The molecule has 4 heterocycles. The number of rotatable bonds is 2. The van der Waals surface area contributed by atoms with Crippen molar-refractivity contribution in [3.8, 4) is 22.8 Å². The van der Waals surface area contributed by atoms with Gasteiger partial charge < -0.3 is 4.98 Å². The molecule has 0 radical (unpaired) electrons. The van der Waals surface area contributed by atoms with Crippen molar-refractivity contribution in [2.75, 3.05) is 0 Å². The van der Waals surface area contributed by atoms with Crippen LogP contribution in [0.2, 0.25) is 0 Å². The smallest absolute Gasteiger partial charge is 0.178 e. The molecule has 0 aromatic carbocycles. The second-order valence-corrected chi connectivity index (χ2v) is 4.37. The normalized spacial score (nSPS) is 11.0. The van der Waals surface area contributed by atoms with Crippen molar-refractivity contribution in [1.29, 1.82) is 0 Å². The summed E-state index contributed by atoms with van der Waals surface area (Å²) in [6, 6.07) is 9.60. The van der Waals surface area contributed by atoms with Gasteiger partial charge in [0.2, 0.25) is 0 Å². The Bertz CT molecular complexity index is 828. The van der Waals surface area contributed by atoms with E-state index in [1.54, 1.807) is 18.6 Å². The van der Waals surface area contributed by atoms with E-state index in [9.17, 15) is 0 Å². The lowest BCUT2D eigenvalue weighted by Gasteiger charge is -1.91. The van der Waals surface area contributed by atoms with Crippen LogP contribution in [-0.2, 0) is 0 Å². The monoisotopic (exact) mass is 262 g/mol. The maximum Gasteiger partial charge on any atom is 0.178 e. The SMILES string of the molecule is c1cncc(-c2cc(-c3nc4ncccc4[nH]3)[nH]n2)c1. The van der Waals surface area contributed by atoms with Crippen LogP contribution in [0.25, 0.3) is 33.9 Å². The van der Waals surface area contributed by atoms with Crippen LogP contribution in [0.4, 0.5) is 0 Å². The number of nitrogens with one attached hydrogen (secondary N) is 2. The van der Waals surface area contributed by atoms with E-state index in [0.29, 0.717) is 5.65 Å². The first-order valence-electron chi connectivity index (χ1n) is 6.17. The maximum atomic E-state index is 4.44. The highest BCUT2D eigenvalue weighted by molar-refractivity contribution is 5.75. The summed E-state index contributed by atoms with van der Waals surface area (Å²) in [5, 5.41) is 7.27. The van der Waals surface area contributed by atoms with E-state index in [2.05, 4.69) is 30.1 Å². The van der Waals surface area contributed by atoms with Crippen molar-refractivity contribution in [2.24, 2.45) is 0 Å². The molecule has 4 rings (SSSR count). The van der Waals surface area contributed by atoms with Crippen LogP contribution in [0.5, 0.6) is 0 Å². The zero-order valence-electron chi connectivity index (χ0n) is 10.4. The summed E-state index contributed by atoms with van der Waals surface area (Å²) in [4.78, 5) is 15.9. The molecule has 0 amide bonds. The van der Waals surface area contributed by atoms with Crippen LogP contribution in [0.1, 0.15) is 0 Å². The Morgan fingerprint density at radius 2 is 2.00 bits per heavy atom. The van der Waals surface area contributed by atoms with Crippen molar-refractivity contribution in [3.63, 3.8) is 0 Å². The van der Waals surface area contributed by atoms with Crippen molar-refractivity contribution < 1.29 is 0 Å². The van der Waals surface area contributed by atoms with Gasteiger partial charge in [-0.3, -0.25) is 10.1 Å². The van der Waals surface area contributed by atoms with Gasteiger partial charge in [-0.05, 0) is 30.3 Å². The van der Waals surface area contributed by atoms with E-state index in [0.717, 1.165) is 28.3 Å². The molecule has 0 fully saturated rings. The average molecular weight is 262 g/mol. The van der Waals surface area contributed by atoms with Gasteiger partial charge in [-0.15, -0.1) is 0 Å². The Hall–Kier alpha value is -3.02. The van der Waals surface area contributed by atoms with Crippen LogP contribution >= 0.6 is 0 Å². The van der Waals surface area contributed by atoms with E-state index in [1.165, 1.54) is 0 Å². The molecule has 0 aliphatic carbocycles. The fourth-order valence-corrected chi connectivity index (χ4v) is 2.08. The molecule has 0 saturated heterocycles. The number of pyridine rings is 2. The number of aromatic nitrogens is 6. The van der Waals surface area contributed by atoms with Crippen molar-refractivity contribution >= 4 is 11.2 Å². The van der Waals surface area contributed by atoms with Gasteiger partial charge in [-0.25, -0.2) is 9.97 Å². The van der Waals surface area contributed by atoms with Crippen molar-refractivity contribution in [2.45, 2.75) is 0 Å². The average Bonchev–Trinajstić information content (AvgIpc) is 3.14. The molecular weight excluding hydrogens is 252 g/mol. The molecule has 96 valence electrons. The fraction of sp³-hybridized carbons (Fsp3) is 0. The summed E-state index contributed by atoms with van der Waals surface area (Å²) in [7, 11) is 0. The predicted octanol–water partition coefficient (Wildman–Crippen LogP) is 2.41. The molecule has 0 aliphatic heterocycles. The maximum absolute atomic E-state index is 4.44. The summed E-state index contributed by atoms with van der Waals surface area (Å²) < 4.78 is 0. The Kier molecular flexibility index (Phi) is 2.32. The third-order valence-electron chi connectivity index (χ3n) is 3.05. The minimum atomic E-state index is 0.694. The zero-order valence-corrected chi connectivity index (χ0v) is 10.4. The van der Waals surface area contributed by atoms with Gasteiger partial charge in [0.1, 0.15) is 5.69 Å². The van der Waals surface area contributed by atoms with E-state index < -0.39 is 0 Å². The van der Waals surface area contributed by atoms with Gasteiger partial charge in [0, 0.05) is 24.2 Å². The molecule has 4 aromatic rings. The molecule has 6 heteroatoms. The van der Waals surface area contributed by atoms with Crippen LogP contribution < -0.4 is 0 Å². The van der Waals surface area contributed by atoms with Gasteiger partial charge in [0.15, 0.2) is 11.5 Å². The number of fused-ring (bicyclic) bond motifs is 1. The van der Waals surface area contributed by atoms with Crippen molar-refractivity contribution in [1.82, 2.24) is 30.1 Å². The highest BCUT2D eigenvalue weighted by atomic mass is 15.1. The van der Waals surface area contributed by atoms with Gasteiger partial charge in [-0.1, -0.05) is 0 Å². The van der Waals surface area contributed by atoms with Crippen LogP contribution in [0.15, 0.2) is 48.9 Å². The van der Waals surface area contributed by atoms with E-state index >= 15 is 0 Å².